The van der Waals surface area contributed by atoms with E-state index in [0.29, 0.717) is 35.0 Å². The van der Waals surface area contributed by atoms with Crippen molar-refractivity contribution in [1.29, 1.82) is 0 Å². The molecule has 0 unspecified atom stereocenters. The highest BCUT2D eigenvalue weighted by Crippen LogP contribution is 2.24. The number of hydrogen-bond acceptors (Lipinski definition) is 8. The van der Waals surface area contributed by atoms with Crippen molar-refractivity contribution in [2.75, 3.05) is 12.0 Å². The third-order valence-electron chi connectivity index (χ3n) is 2.37. The molecule has 108 valence electrons. The van der Waals surface area contributed by atoms with Gasteiger partial charge in [0.25, 0.3) is 0 Å². The van der Waals surface area contributed by atoms with Crippen molar-refractivity contribution in [2.45, 2.75) is 23.7 Å². The van der Waals surface area contributed by atoms with E-state index in [4.69, 9.17) is 10.6 Å². The van der Waals surface area contributed by atoms with Crippen molar-refractivity contribution in [1.82, 2.24) is 24.7 Å². The smallest absolute Gasteiger partial charge is 0.343 e. The molecule has 2 heterocycles. The Balaban J connectivity index is 2.26. The zero-order valence-corrected chi connectivity index (χ0v) is 11.9. The van der Waals surface area contributed by atoms with Gasteiger partial charge in [-0.25, -0.2) is 25.7 Å². The maximum absolute atomic E-state index is 11.3. The number of aromatic amines is 1. The number of nitrogens with two attached hydrogens (primary N) is 1. The molecule has 2 aromatic heterocycles. The molecule has 0 aromatic carbocycles. The van der Waals surface area contributed by atoms with Crippen LogP contribution in [0.1, 0.15) is 12.7 Å². The van der Waals surface area contributed by atoms with Crippen molar-refractivity contribution < 1.29 is 4.74 Å². The van der Waals surface area contributed by atoms with E-state index in [-0.39, 0.29) is 5.69 Å². The molecule has 9 nitrogen and oxygen atoms in total. The Hall–Kier alpha value is -1.91. The van der Waals surface area contributed by atoms with Gasteiger partial charge in [0.2, 0.25) is 0 Å². The van der Waals surface area contributed by atoms with Crippen molar-refractivity contribution in [3.05, 3.63) is 22.4 Å². The standard InChI is InChI=1S/C10H15N7O2S/c1-3-19-5-7-12-6(14-11)4-8(13-7)20-10-16-15-9(18)17(10)2/h4H,3,5,11H2,1-2H3,(H,15,18)(H,12,13,14). The van der Waals surface area contributed by atoms with Gasteiger partial charge in [0.15, 0.2) is 11.0 Å². The topological polar surface area (TPSA) is 124 Å². The summed E-state index contributed by atoms with van der Waals surface area (Å²) in [6.45, 7) is 2.75. The number of rotatable bonds is 6. The van der Waals surface area contributed by atoms with Gasteiger partial charge in [-0.05, 0) is 18.7 Å². The van der Waals surface area contributed by atoms with Crippen molar-refractivity contribution >= 4 is 17.6 Å². The number of hydrogen-bond donors (Lipinski definition) is 3. The molecular formula is C10H15N7O2S. The van der Waals surface area contributed by atoms with E-state index in [1.165, 1.54) is 16.3 Å². The number of nitrogens with zero attached hydrogens (tertiary/aromatic N) is 4. The average Bonchev–Trinajstić information content (AvgIpc) is 2.77. The van der Waals surface area contributed by atoms with Crippen molar-refractivity contribution in [3.8, 4) is 0 Å². The Kier molecular flexibility index (Phi) is 4.71. The maximum atomic E-state index is 11.3. The van der Waals surface area contributed by atoms with Crippen LogP contribution in [0.3, 0.4) is 0 Å². The molecular weight excluding hydrogens is 282 g/mol. The molecule has 0 radical (unpaired) electrons. The molecule has 0 fully saturated rings. The Morgan fingerprint density at radius 3 is 2.95 bits per heavy atom. The van der Waals surface area contributed by atoms with E-state index >= 15 is 0 Å². The molecule has 0 aliphatic heterocycles. The summed E-state index contributed by atoms with van der Waals surface area (Å²) in [7, 11) is 1.62. The van der Waals surface area contributed by atoms with E-state index in [2.05, 4.69) is 25.6 Å². The minimum atomic E-state index is -0.284. The van der Waals surface area contributed by atoms with Crippen LogP contribution in [0.2, 0.25) is 0 Å². The molecule has 0 atom stereocenters. The van der Waals surface area contributed by atoms with Crippen LogP contribution in [-0.4, -0.2) is 31.3 Å². The van der Waals surface area contributed by atoms with Crippen LogP contribution in [0.15, 0.2) is 21.0 Å². The number of nitrogen functional groups attached to an aromatic ring is 1. The van der Waals surface area contributed by atoms with Crippen LogP contribution in [0.25, 0.3) is 0 Å². The molecule has 0 spiro atoms. The van der Waals surface area contributed by atoms with Crippen LogP contribution in [0.4, 0.5) is 5.82 Å². The first-order valence-electron chi connectivity index (χ1n) is 5.85. The van der Waals surface area contributed by atoms with E-state index in [1.54, 1.807) is 13.1 Å². The first kappa shape index (κ1) is 14.5. The molecule has 2 aromatic rings. The number of nitrogens with one attached hydrogen (secondary N) is 2. The molecule has 0 amide bonds. The third kappa shape index (κ3) is 3.35. The molecule has 0 bridgehead atoms. The number of aromatic nitrogens is 5. The predicted octanol–water partition coefficient (Wildman–Crippen LogP) is -0.128. The fraction of sp³-hybridized carbons (Fsp3) is 0.400. The summed E-state index contributed by atoms with van der Waals surface area (Å²) in [6.07, 6.45) is 0. The summed E-state index contributed by atoms with van der Waals surface area (Å²) in [5.74, 6) is 6.35. The monoisotopic (exact) mass is 297 g/mol. The van der Waals surface area contributed by atoms with Crippen LogP contribution in [0, 0.1) is 0 Å². The van der Waals surface area contributed by atoms with Gasteiger partial charge < -0.3 is 10.2 Å². The Bertz CT molecular complexity index is 639. The zero-order chi connectivity index (χ0) is 14.5. The van der Waals surface area contributed by atoms with Gasteiger partial charge in [0, 0.05) is 19.7 Å². The molecule has 0 aliphatic carbocycles. The van der Waals surface area contributed by atoms with Crippen LogP contribution < -0.4 is 17.0 Å². The molecule has 0 aliphatic rings. The normalized spacial score (nSPS) is 10.8. The Labute approximate surface area is 118 Å². The van der Waals surface area contributed by atoms with Gasteiger partial charge in [-0.3, -0.25) is 4.57 Å². The number of ether oxygens (including phenoxy) is 1. The second-order valence-corrected chi connectivity index (χ2v) is 4.75. The lowest BCUT2D eigenvalue weighted by molar-refractivity contribution is 0.128. The highest BCUT2D eigenvalue weighted by molar-refractivity contribution is 7.99. The summed E-state index contributed by atoms with van der Waals surface area (Å²) in [4.78, 5) is 19.8. The second kappa shape index (κ2) is 6.50. The first-order chi connectivity index (χ1) is 9.63. The SMILES string of the molecule is CCOCc1nc(NN)cc(Sc2n[nH]c(=O)n2C)n1. The fourth-order valence-electron chi connectivity index (χ4n) is 1.37. The summed E-state index contributed by atoms with van der Waals surface area (Å²) < 4.78 is 6.67. The average molecular weight is 297 g/mol. The summed E-state index contributed by atoms with van der Waals surface area (Å²) in [6, 6.07) is 1.67. The van der Waals surface area contributed by atoms with Crippen LogP contribution >= 0.6 is 11.8 Å². The molecule has 4 N–H and O–H groups in total. The molecule has 10 heteroatoms. The second-order valence-electron chi connectivity index (χ2n) is 3.76. The van der Waals surface area contributed by atoms with Gasteiger partial charge in [-0.15, -0.1) is 5.10 Å². The summed E-state index contributed by atoms with van der Waals surface area (Å²) in [5, 5.41) is 7.38. The van der Waals surface area contributed by atoms with E-state index in [1.807, 2.05) is 6.92 Å². The fourth-order valence-corrected chi connectivity index (χ4v) is 2.19. The third-order valence-corrected chi connectivity index (χ3v) is 3.33. The Morgan fingerprint density at radius 1 is 1.55 bits per heavy atom. The van der Waals surface area contributed by atoms with Gasteiger partial charge in [0.1, 0.15) is 17.5 Å². The number of anilines is 1. The Morgan fingerprint density at radius 2 is 2.35 bits per heavy atom. The maximum Gasteiger partial charge on any atom is 0.343 e. The minimum absolute atomic E-state index is 0.284. The minimum Gasteiger partial charge on any atom is -0.374 e. The molecule has 20 heavy (non-hydrogen) atoms. The van der Waals surface area contributed by atoms with Crippen molar-refractivity contribution in [3.63, 3.8) is 0 Å². The van der Waals surface area contributed by atoms with Gasteiger partial charge in [-0.2, -0.15) is 0 Å². The molecule has 0 saturated heterocycles. The first-order valence-corrected chi connectivity index (χ1v) is 6.67. The number of hydrazine groups is 1. The highest BCUT2D eigenvalue weighted by atomic mass is 32.2. The summed E-state index contributed by atoms with van der Waals surface area (Å²) in [5.41, 5.74) is 2.19. The largest absolute Gasteiger partial charge is 0.374 e. The van der Waals surface area contributed by atoms with E-state index in [9.17, 15) is 4.79 Å². The quantitative estimate of drug-likeness (QED) is 0.383. The zero-order valence-electron chi connectivity index (χ0n) is 11.1. The summed E-state index contributed by atoms with van der Waals surface area (Å²) >= 11 is 1.23. The van der Waals surface area contributed by atoms with Crippen LogP contribution in [-0.2, 0) is 18.4 Å². The number of H-pyrrole nitrogens is 1. The van der Waals surface area contributed by atoms with Crippen LogP contribution in [0.5, 0.6) is 0 Å². The lowest BCUT2D eigenvalue weighted by Gasteiger charge is -2.07. The van der Waals surface area contributed by atoms with Crippen molar-refractivity contribution in [2.24, 2.45) is 12.9 Å². The predicted molar refractivity (Wildman–Crippen MR) is 73.1 cm³/mol. The highest BCUT2D eigenvalue weighted by Gasteiger charge is 2.10. The van der Waals surface area contributed by atoms with Gasteiger partial charge >= 0.3 is 5.69 Å². The van der Waals surface area contributed by atoms with E-state index in [0.717, 1.165) is 0 Å². The van der Waals surface area contributed by atoms with Gasteiger partial charge in [-0.1, -0.05) is 0 Å². The lowest BCUT2D eigenvalue weighted by Crippen LogP contribution is -2.13. The molecule has 0 saturated carbocycles. The molecule has 2 rings (SSSR count). The van der Waals surface area contributed by atoms with E-state index < -0.39 is 0 Å². The lowest BCUT2D eigenvalue weighted by atomic mass is 10.5. The van der Waals surface area contributed by atoms with Gasteiger partial charge in [0.05, 0.1) is 0 Å².